The Morgan fingerprint density at radius 1 is 1.19 bits per heavy atom. The highest BCUT2D eigenvalue weighted by Crippen LogP contribution is 2.28. The molecule has 26 heavy (non-hydrogen) atoms. The van der Waals surface area contributed by atoms with Gasteiger partial charge in [-0.15, -0.1) is 0 Å². The molecule has 2 N–H and O–H groups in total. The topological polar surface area (TPSA) is 69.6 Å². The Kier molecular flexibility index (Phi) is 5.56. The fourth-order valence-corrected chi connectivity index (χ4v) is 3.42. The first kappa shape index (κ1) is 18.0. The number of anilines is 1. The summed E-state index contributed by atoms with van der Waals surface area (Å²) in [6.45, 7) is 2.70. The molecule has 2 aromatic rings. The van der Waals surface area contributed by atoms with Crippen LogP contribution >= 0.6 is 0 Å². The number of amides is 2. The Balaban J connectivity index is 1.70. The van der Waals surface area contributed by atoms with Crippen molar-refractivity contribution in [3.63, 3.8) is 0 Å². The lowest BCUT2D eigenvalue weighted by Gasteiger charge is -2.24. The SMILES string of the molecule is Cc1ccc2c(c1)CCN2C(=O)NC(CCC(=O)O)Cc1ccccc1. The zero-order valence-corrected chi connectivity index (χ0v) is 14.9. The molecule has 0 spiro atoms. The number of nitrogens with one attached hydrogen (secondary N) is 1. The summed E-state index contributed by atoms with van der Waals surface area (Å²) in [4.78, 5) is 25.5. The van der Waals surface area contributed by atoms with Crippen molar-refractivity contribution in [1.29, 1.82) is 0 Å². The van der Waals surface area contributed by atoms with Gasteiger partial charge in [0.05, 0.1) is 0 Å². The van der Waals surface area contributed by atoms with Crippen molar-refractivity contribution in [2.45, 2.75) is 38.6 Å². The van der Waals surface area contributed by atoms with Crippen molar-refractivity contribution in [3.8, 4) is 0 Å². The van der Waals surface area contributed by atoms with Crippen molar-refractivity contribution in [3.05, 3.63) is 65.2 Å². The zero-order chi connectivity index (χ0) is 18.5. The molecule has 0 aliphatic carbocycles. The molecule has 1 atom stereocenters. The molecule has 1 aliphatic rings. The summed E-state index contributed by atoms with van der Waals surface area (Å²) in [6, 6.07) is 15.6. The minimum atomic E-state index is -0.848. The van der Waals surface area contributed by atoms with Gasteiger partial charge in [0.2, 0.25) is 0 Å². The number of benzene rings is 2. The second kappa shape index (κ2) is 8.04. The highest BCUT2D eigenvalue weighted by molar-refractivity contribution is 5.94. The van der Waals surface area contributed by atoms with E-state index in [1.165, 1.54) is 11.1 Å². The van der Waals surface area contributed by atoms with Crippen LogP contribution in [0.15, 0.2) is 48.5 Å². The quantitative estimate of drug-likeness (QED) is 0.835. The van der Waals surface area contributed by atoms with E-state index in [-0.39, 0.29) is 18.5 Å². The number of carboxylic acids is 1. The highest BCUT2D eigenvalue weighted by Gasteiger charge is 2.26. The van der Waals surface area contributed by atoms with Gasteiger partial charge in [-0.05, 0) is 43.4 Å². The summed E-state index contributed by atoms with van der Waals surface area (Å²) < 4.78 is 0. The van der Waals surface area contributed by atoms with E-state index >= 15 is 0 Å². The van der Waals surface area contributed by atoms with Crippen LogP contribution < -0.4 is 10.2 Å². The first-order valence-electron chi connectivity index (χ1n) is 8.96. The lowest BCUT2D eigenvalue weighted by atomic mass is 10.0. The standard InChI is InChI=1S/C21H24N2O3/c1-15-7-9-19-17(13-15)11-12-23(19)21(26)22-18(8-10-20(24)25)14-16-5-3-2-4-6-16/h2-7,9,13,18H,8,10-12,14H2,1H3,(H,22,26)(H,24,25). The van der Waals surface area contributed by atoms with Gasteiger partial charge in [0.1, 0.15) is 0 Å². The van der Waals surface area contributed by atoms with Gasteiger partial charge in [-0.2, -0.15) is 0 Å². The van der Waals surface area contributed by atoms with Crippen molar-refractivity contribution in [2.75, 3.05) is 11.4 Å². The molecular formula is C21H24N2O3. The number of nitrogens with zero attached hydrogens (tertiary/aromatic N) is 1. The number of carboxylic acid groups (broad SMARTS) is 1. The summed E-state index contributed by atoms with van der Waals surface area (Å²) in [6.07, 6.45) is 1.91. The van der Waals surface area contributed by atoms with Crippen LogP contribution in [-0.4, -0.2) is 29.7 Å². The molecule has 2 amide bonds. The smallest absolute Gasteiger partial charge is 0.322 e. The maximum Gasteiger partial charge on any atom is 0.322 e. The Hall–Kier alpha value is -2.82. The molecule has 0 fully saturated rings. The van der Waals surface area contributed by atoms with E-state index in [1.54, 1.807) is 4.90 Å². The molecule has 0 saturated heterocycles. The molecule has 0 radical (unpaired) electrons. The molecule has 1 unspecified atom stereocenters. The number of rotatable bonds is 6. The summed E-state index contributed by atoms with van der Waals surface area (Å²) in [7, 11) is 0. The third kappa shape index (κ3) is 4.42. The molecule has 5 heteroatoms. The van der Waals surface area contributed by atoms with E-state index in [0.717, 1.165) is 17.7 Å². The van der Waals surface area contributed by atoms with Gasteiger partial charge in [-0.3, -0.25) is 9.69 Å². The third-order valence-electron chi connectivity index (χ3n) is 4.73. The number of aryl methyl sites for hydroxylation is 1. The summed E-state index contributed by atoms with van der Waals surface area (Å²) >= 11 is 0. The second-order valence-electron chi connectivity index (χ2n) is 6.80. The van der Waals surface area contributed by atoms with Gasteiger partial charge in [0, 0.05) is 24.7 Å². The maximum atomic E-state index is 12.8. The molecule has 136 valence electrons. The molecule has 1 heterocycles. The van der Waals surface area contributed by atoms with Gasteiger partial charge in [-0.1, -0.05) is 48.0 Å². The Morgan fingerprint density at radius 3 is 2.69 bits per heavy atom. The first-order valence-corrected chi connectivity index (χ1v) is 8.96. The van der Waals surface area contributed by atoms with E-state index < -0.39 is 5.97 Å². The molecule has 0 bridgehead atoms. The van der Waals surface area contributed by atoms with Crippen molar-refractivity contribution in [2.24, 2.45) is 0 Å². The van der Waals surface area contributed by atoms with E-state index in [9.17, 15) is 9.59 Å². The molecule has 5 nitrogen and oxygen atoms in total. The van der Waals surface area contributed by atoms with Crippen LogP contribution in [0.1, 0.15) is 29.5 Å². The molecule has 0 aromatic heterocycles. The van der Waals surface area contributed by atoms with Crippen molar-refractivity contribution in [1.82, 2.24) is 5.32 Å². The lowest BCUT2D eigenvalue weighted by Crippen LogP contribution is -2.45. The summed E-state index contributed by atoms with van der Waals surface area (Å²) in [5.41, 5.74) is 4.41. The predicted molar refractivity (Wildman–Crippen MR) is 102 cm³/mol. The number of urea groups is 1. The number of carbonyl (C=O) groups excluding carboxylic acids is 1. The number of hydrogen-bond donors (Lipinski definition) is 2. The second-order valence-corrected chi connectivity index (χ2v) is 6.80. The Labute approximate surface area is 153 Å². The van der Waals surface area contributed by atoms with Gasteiger partial charge >= 0.3 is 12.0 Å². The van der Waals surface area contributed by atoms with Crippen molar-refractivity contribution < 1.29 is 14.7 Å². The predicted octanol–water partition coefficient (Wildman–Crippen LogP) is 3.54. The van der Waals surface area contributed by atoms with E-state index in [2.05, 4.69) is 11.4 Å². The van der Waals surface area contributed by atoms with Gasteiger partial charge in [-0.25, -0.2) is 4.79 Å². The number of aliphatic carboxylic acids is 1. The lowest BCUT2D eigenvalue weighted by molar-refractivity contribution is -0.137. The third-order valence-corrected chi connectivity index (χ3v) is 4.73. The van der Waals surface area contributed by atoms with Crippen LogP contribution in [-0.2, 0) is 17.6 Å². The minimum absolute atomic E-state index is 0.0353. The fourth-order valence-electron chi connectivity index (χ4n) is 3.42. The average molecular weight is 352 g/mol. The number of hydrogen-bond acceptors (Lipinski definition) is 2. The largest absolute Gasteiger partial charge is 0.481 e. The monoisotopic (exact) mass is 352 g/mol. The number of carbonyl (C=O) groups is 2. The molecule has 2 aromatic carbocycles. The minimum Gasteiger partial charge on any atom is -0.481 e. The van der Waals surface area contributed by atoms with Crippen LogP contribution in [0.5, 0.6) is 0 Å². The van der Waals surface area contributed by atoms with E-state index in [1.807, 2.05) is 49.4 Å². The molecule has 1 aliphatic heterocycles. The summed E-state index contributed by atoms with van der Waals surface area (Å²) in [5, 5.41) is 12.0. The number of fused-ring (bicyclic) bond motifs is 1. The van der Waals surface area contributed by atoms with Gasteiger partial charge in [0.25, 0.3) is 0 Å². The molecule has 3 rings (SSSR count). The Morgan fingerprint density at radius 2 is 1.96 bits per heavy atom. The summed E-state index contributed by atoms with van der Waals surface area (Å²) in [5.74, 6) is -0.848. The maximum absolute atomic E-state index is 12.8. The molecular weight excluding hydrogens is 328 g/mol. The Bertz CT molecular complexity index is 789. The normalized spacial score (nSPS) is 14.0. The van der Waals surface area contributed by atoms with E-state index in [0.29, 0.717) is 19.4 Å². The van der Waals surface area contributed by atoms with Crippen LogP contribution in [0.4, 0.5) is 10.5 Å². The van der Waals surface area contributed by atoms with Crippen LogP contribution in [0.3, 0.4) is 0 Å². The van der Waals surface area contributed by atoms with Crippen LogP contribution in [0, 0.1) is 6.92 Å². The van der Waals surface area contributed by atoms with E-state index in [4.69, 9.17) is 5.11 Å². The first-order chi connectivity index (χ1) is 12.5. The fraction of sp³-hybridized carbons (Fsp3) is 0.333. The highest BCUT2D eigenvalue weighted by atomic mass is 16.4. The van der Waals surface area contributed by atoms with Gasteiger partial charge < -0.3 is 10.4 Å². The van der Waals surface area contributed by atoms with Crippen molar-refractivity contribution >= 4 is 17.7 Å². The average Bonchev–Trinajstić information content (AvgIpc) is 3.03. The van der Waals surface area contributed by atoms with Crippen LogP contribution in [0.25, 0.3) is 0 Å². The van der Waals surface area contributed by atoms with Gasteiger partial charge in [0.15, 0.2) is 0 Å². The van der Waals surface area contributed by atoms with Crippen LogP contribution in [0.2, 0.25) is 0 Å². The molecule has 0 saturated carbocycles. The zero-order valence-electron chi connectivity index (χ0n) is 14.9.